The van der Waals surface area contributed by atoms with Gasteiger partial charge in [0.05, 0.1) is 6.61 Å². The molecule has 116 valence electrons. The Balaban J connectivity index is 2.03. The number of nitrogens with two attached hydrogens (primary N) is 1. The molecule has 8 nitrogen and oxygen atoms in total. The van der Waals surface area contributed by atoms with Gasteiger partial charge in [0.1, 0.15) is 17.2 Å². The van der Waals surface area contributed by atoms with Gasteiger partial charge in [-0.3, -0.25) is 9.59 Å². The number of rotatable bonds is 5. The fourth-order valence-corrected chi connectivity index (χ4v) is 2.77. The van der Waals surface area contributed by atoms with Gasteiger partial charge in [-0.1, -0.05) is 11.3 Å². The van der Waals surface area contributed by atoms with E-state index in [1.54, 1.807) is 19.1 Å². The number of nitrogens with zero attached hydrogens (tertiary/aromatic N) is 3. The first-order valence-corrected chi connectivity index (χ1v) is 7.37. The van der Waals surface area contributed by atoms with Crippen molar-refractivity contribution in [2.45, 2.75) is 0 Å². The number of anilines is 2. The lowest BCUT2D eigenvalue weighted by Crippen LogP contribution is -2.50. The van der Waals surface area contributed by atoms with Crippen LogP contribution in [0.2, 0.25) is 0 Å². The molecule has 1 aromatic heterocycles. The Morgan fingerprint density at radius 2 is 2.29 bits per heavy atom. The monoisotopic (exact) mass is 313 g/mol. The number of methoxy groups -OCH3 is 1. The number of amides is 2. The molecular weight excluding hydrogens is 294 g/mol. The second kappa shape index (κ2) is 6.72. The fraction of sp³-hybridized carbons (Fsp3) is 0.583. The van der Waals surface area contributed by atoms with Gasteiger partial charge >= 0.3 is 0 Å². The van der Waals surface area contributed by atoms with Gasteiger partial charge in [0.25, 0.3) is 5.91 Å². The molecular formula is C12H19N5O3S. The second-order valence-electron chi connectivity index (χ2n) is 4.69. The number of nitrogens with one attached hydrogen (secondary N) is 1. The van der Waals surface area contributed by atoms with E-state index >= 15 is 0 Å². The van der Waals surface area contributed by atoms with Gasteiger partial charge < -0.3 is 25.6 Å². The van der Waals surface area contributed by atoms with E-state index < -0.39 is 0 Å². The van der Waals surface area contributed by atoms with Crippen LogP contribution in [0.1, 0.15) is 9.67 Å². The summed E-state index contributed by atoms with van der Waals surface area (Å²) < 4.78 is 4.93. The first kappa shape index (κ1) is 15.5. The summed E-state index contributed by atoms with van der Waals surface area (Å²) in [6.45, 7) is 2.24. The number of hydrogen-bond acceptors (Lipinski definition) is 7. The maximum absolute atomic E-state index is 12.4. The molecule has 0 saturated carbocycles. The number of hydrogen-bond donors (Lipinski definition) is 2. The molecule has 0 aliphatic carbocycles. The van der Waals surface area contributed by atoms with Gasteiger partial charge in [0.15, 0.2) is 5.13 Å². The highest BCUT2D eigenvalue weighted by Crippen LogP contribution is 2.26. The van der Waals surface area contributed by atoms with Crippen molar-refractivity contribution < 1.29 is 14.3 Å². The lowest BCUT2D eigenvalue weighted by Gasteiger charge is -2.31. The molecule has 2 amide bonds. The van der Waals surface area contributed by atoms with Crippen molar-refractivity contribution in [3.8, 4) is 0 Å². The third-order valence-electron chi connectivity index (χ3n) is 3.17. The van der Waals surface area contributed by atoms with Crippen LogP contribution in [0.25, 0.3) is 0 Å². The Hall–Kier alpha value is -1.87. The fourth-order valence-electron chi connectivity index (χ4n) is 1.90. The largest absolute Gasteiger partial charge is 0.383 e. The molecule has 1 aliphatic heterocycles. The van der Waals surface area contributed by atoms with Gasteiger partial charge in [-0.15, -0.1) is 0 Å². The predicted molar refractivity (Wildman–Crippen MR) is 80.4 cm³/mol. The molecule has 0 unspecified atom stereocenters. The number of thiazole rings is 1. The molecule has 21 heavy (non-hydrogen) atoms. The number of nitrogen functional groups attached to an aromatic ring is 1. The zero-order valence-corrected chi connectivity index (χ0v) is 12.9. The Morgan fingerprint density at radius 3 is 2.95 bits per heavy atom. The topological polar surface area (TPSA) is 101 Å². The first-order chi connectivity index (χ1) is 10.0. The van der Waals surface area contributed by atoms with Crippen LogP contribution in [0.3, 0.4) is 0 Å². The number of likely N-dealkylation sites (N-methyl/N-ethyl adjacent to an activating group) is 1. The van der Waals surface area contributed by atoms with E-state index in [1.165, 1.54) is 16.2 Å². The van der Waals surface area contributed by atoms with Crippen LogP contribution in [0.4, 0.5) is 10.9 Å². The van der Waals surface area contributed by atoms with E-state index in [1.807, 2.05) is 0 Å². The summed E-state index contributed by atoms with van der Waals surface area (Å²) in [5, 5.41) is 3.61. The smallest absolute Gasteiger partial charge is 0.268 e. The van der Waals surface area contributed by atoms with Crippen molar-refractivity contribution in [2.75, 3.05) is 58.0 Å². The van der Waals surface area contributed by atoms with Gasteiger partial charge in [-0.25, -0.2) is 4.98 Å². The molecule has 0 spiro atoms. The molecule has 3 N–H and O–H groups in total. The van der Waals surface area contributed by atoms with Crippen molar-refractivity contribution in [2.24, 2.45) is 0 Å². The molecule has 0 atom stereocenters. The SMILES string of the molecule is COCCNc1nc(N)c(C(=O)N2CCN(C)C(=O)C2)s1. The third-order valence-corrected chi connectivity index (χ3v) is 4.19. The Bertz CT molecular complexity index is 533. The molecule has 1 saturated heterocycles. The summed E-state index contributed by atoms with van der Waals surface area (Å²) in [4.78, 5) is 31.7. The standard InChI is InChI=1S/C12H19N5O3S/c1-16-4-5-17(7-8(16)18)11(19)9-10(13)15-12(21-9)14-3-6-20-2/h3-7,13H2,1-2H3,(H,14,15). The number of carbonyl (C=O) groups excluding carboxylic acids is 2. The van der Waals surface area contributed by atoms with Crippen LogP contribution in [-0.4, -0.2) is 73.5 Å². The molecule has 1 aromatic rings. The maximum atomic E-state index is 12.4. The number of aromatic nitrogens is 1. The zero-order chi connectivity index (χ0) is 15.4. The van der Waals surface area contributed by atoms with E-state index in [-0.39, 0.29) is 24.2 Å². The summed E-state index contributed by atoms with van der Waals surface area (Å²) in [7, 11) is 3.33. The highest BCUT2D eigenvalue weighted by molar-refractivity contribution is 7.18. The normalized spacial score (nSPS) is 15.4. The molecule has 2 rings (SSSR count). The molecule has 1 aliphatic rings. The molecule has 0 radical (unpaired) electrons. The molecule has 0 bridgehead atoms. The van der Waals surface area contributed by atoms with Gasteiger partial charge in [-0.05, 0) is 0 Å². The van der Waals surface area contributed by atoms with Crippen molar-refractivity contribution >= 4 is 34.1 Å². The van der Waals surface area contributed by atoms with Crippen LogP contribution >= 0.6 is 11.3 Å². The summed E-state index contributed by atoms with van der Waals surface area (Å²) in [6.07, 6.45) is 0. The van der Waals surface area contributed by atoms with E-state index in [0.29, 0.717) is 36.2 Å². The van der Waals surface area contributed by atoms with Gasteiger partial charge in [-0.2, -0.15) is 0 Å². The summed E-state index contributed by atoms with van der Waals surface area (Å²) >= 11 is 1.19. The van der Waals surface area contributed by atoms with E-state index in [2.05, 4.69) is 10.3 Å². The average molecular weight is 313 g/mol. The number of ether oxygens (including phenoxy) is 1. The minimum atomic E-state index is -0.244. The minimum Gasteiger partial charge on any atom is -0.383 e. The van der Waals surface area contributed by atoms with E-state index in [0.717, 1.165) is 0 Å². The van der Waals surface area contributed by atoms with E-state index in [4.69, 9.17) is 10.5 Å². The summed E-state index contributed by atoms with van der Waals surface area (Å²) in [6, 6.07) is 0. The minimum absolute atomic E-state index is 0.0730. The van der Waals surface area contributed by atoms with Crippen LogP contribution in [0.5, 0.6) is 0 Å². The Kier molecular flexibility index (Phi) is 4.97. The van der Waals surface area contributed by atoms with Crippen molar-refractivity contribution in [1.82, 2.24) is 14.8 Å². The molecule has 1 fully saturated rings. The van der Waals surface area contributed by atoms with Crippen molar-refractivity contribution in [3.05, 3.63) is 4.88 Å². The first-order valence-electron chi connectivity index (χ1n) is 6.55. The maximum Gasteiger partial charge on any atom is 0.268 e. The van der Waals surface area contributed by atoms with Crippen LogP contribution in [0.15, 0.2) is 0 Å². The third kappa shape index (κ3) is 3.61. The highest BCUT2D eigenvalue weighted by atomic mass is 32.1. The number of carbonyl (C=O) groups is 2. The van der Waals surface area contributed by atoms with E-state index in [9.17, 15) is 9.59 Å². The zero-order valence-electron chi connectivity index (χ0n) is 12.1. The quantitative estimate of drug-likeness (QED) is 0.724. The lowest BCUT2D eigenvalue weighted by molar-refractivity contribution is -0.133. The van der Waals surface area contributed by atoms with Crippen molar-refractivity contribution in [3.63, 3.8) is 0 Å². The molecule has 9 heteroatoms. The average Bonchev–Trinajstić information content (AvgIpc) is 2.82. The van der Waals surface area contributed by atoms with Crippen LogP contribution in [-0.2, 0) is 9.53 Å². The van der Waals surface area contributed by atoms with Gasteiger partial charge in [0.2, 0.25) is 5.91 Å². The summed E-state index contributed by atoms with van der Waals surface area (Å²) in [5.41, 5.74) is 5.80. The van der Waals surface area contributed by atoms with Crippen LogP contribution in [0, 0.1) is 0 Å². The molecule has 2 heterocycles. The van der Waals surface area contributed by atoms with Gasteiger partial charge in [0, 0.05) is 33.8 Å². The number of piperazine rings is 1. The predicted octanol–water partition coefficient (Wildman–Crippen LogP) is -0.302. The Morgan fingerprint density at radius 1 is 1.52 bits per heavy atom. The highest BCUT2D eigenvalue weighted by Gasteiger charge is 2.28. The summed E-state index contributed by atoms with van der Waals surface area (Å²) in [5.74, 6) is -0.126. The van der Waals surface area contributed by atoms with Crippen molar-refractivity contribution in [1.29, 1.82) is 0 Å². The Labute approximate surface area is 126 Å². The second-order valence-corrected chi connectivity index (χ2v) is 5.69. The van der Waals surface area contributed by atoms with Crippen LogP contribution < -0.4 is 11.1 Å². The molecule has 0 aromatic carbocycles. The lowest BCUT2D eigenvalue weighted by atomic mass is 10.3.